The van der Waals surface area contributed by atoms with Crippen LogP contribution in [0.4, 0.5) is 0 Å². The topological polar surface area (TPSA) is 52.2 Å². The van der Waals surface area contributed by atoms with E-state index in [4.69, 9.17) is 11.6 Å². The number of halogens is 1. The summed E-state index contributed by atoms with van der Waals surface area (Å²) >= 11 is 6.25. The van der Waals surface area contributed by atoms with Crippen molar-refractivity contribution < 1.29 is 4.79 Å². The molecule has 6 heteroatoms. The van der Waals surface area contributed by atoms with Crippen LogP contribution < -0.4 is 0 Å². The van der Waals surface area contributed by atoms with Crippen LogP contribution in [0.2, 0.25) is 5.02 Å². The third kappa shape index (κ3) is 4.05. The van der Waals surface area contributed by atoms with Crippen LogP contribution >= 0.6 is 11.6 Å². The molecule has 0 atom stereocenters. The summed E-state index contributed by atoms with van der Waals surface area (Å²) in [6.07, 6.45) is 3.99. The van der Waals surface area contributed by atoms with Gasteiger partial charge in [-0.1, -0.05) is 17.7 Å². The van der Waals surface area contributed by atoms with Crippen LogP contribution in [0.5, 0.6) is 0 Å². The lowest BCUT2D eigenvalue weighted by Crippen LogP contribution is -2.47. The van der Waals surface area contributed by atoms with E-state index in [-0.39, 0.29) is 5.91 Å². The Bertz CT molecular complexity index is 961. The van der Waals surface area contributed by atoms with Crippen molar-refractivity contribution in [1.29, 1.82) is 0 Å². The molecule has 0 unspecified atom stereocenters. The number of benzene rings is 1. The molecule has 0 spiro atoms. The summed E-state index contributed by atoms with van der Waals surface area (Å²) in [6.45, 7) is 3.57. The number of aromatic nitrogens is 2. The number of carbonyl (C=O) groups is 1. The van der Waals surface area contributed by atoms with Crippen LogP contribution in [0, 0.1) is 0 Å². The second-order valence-electron chi connectivity index (χ2n) is 7.42. The number of hydrogen-bond acceptors (Lipinski definition) is 3. The van der Waals surface area contributed by atoms with E-state index in [9.17, 15) is 4.79 Å². The molecule has 1 N–H and O–H groups in total. The fourth-order valence-electron chi connectivity index (χ4n) is 3.84. The average molecular weight is 397 g/mol. The minimum absolute atomic E-state index is 0.255. The van der Waals surface area contributed by atoms with Crippen molar-refractivity contribution in [2.75, 3.05) is 33.2 Å². The van der Waals surface area contributed by atoms with Gasteiger partial charge in [0.2, 0.25) is 5.91 Å². The van der Waals surface area contributed by atoms with Crippen LogP contribution in [0.1, 0.15) is 18.4 Å². The fourth-order valence-corrected chi connectivity index (χ4v) is 4.01. The van der Waals surface area contributed by atoms with E-state index in [1.165, 1.54) is 5.56 Å². The van der Waals surface area contributed by atoms with Gasteiger partial charge in [0.1, 0.15) is 0 Å². The Morgan fingerprint density at radius 2 is 2.00 bits per heavy atom. The SMILES string of the molecule is CN1CCN(C(=O)CCCc2c(-c3ccccn3)[nH]c3ccc(Cl)cc23)CC1. The fraction of sp³-hybridized carbons (Fsp3) is 0.364. The minimum atomic E-state index is 0.255. The maximum atomic E-state index is 12.6. The van der Waals surface area contributed by atoms with Crippen LogP contribution in [0.3, 0.4) is 0 Å². The first kappa shape index (κ1) is 19.0. The number of amides is 1. The number of aromatic amines is 1. The van der Waals surface area contributed by atoms with Gasteiger partial charge in [-0.3, -0.25) is 9.78 Å². The van der Waals surface area contributed by atoms with E-state index in [1.807, 2.05) is 41.3 Å². The van der Waals surface area contributed by atoms with Crippen molar-refractivity contribution in [2.24, 2.45) is 0 Å². The van der Waals surface area contributed by atoms with Gasteiger partial charge in [0.15, 0.2) is 0 Å². The van der Waals surface area contributed by atoms with Crippen molar-refractivity contribution in [3.63, 3.8) is 0 Å². The van der Waals surface area contributed by atoms with Crippen LogP contribution in [0.15, 0.2) is 42.6 Å². The molecule has 3 heterocycles. The molecular formula is C22H25ClN4O. The van der Waals surface area contributed by atoms with Crippen LogP contribution in [-0.4, -0.2) is 58.9 Å². The highest BCUT2D eigenvalue weighted by atomic mass is 35.5. The van der Waals surface area contributed by atoms with Crippen molar-refractivity contribution in [3.8, 4) is 11.4 Å². The first-order valence-electron chi connectivity index (χ1n) is 9.79. The van der Waals surface area contributed by atoms with Gasteiger partial charge in [-0.25, -0.2) is 0 Å². The maximum Gasteiger partial charge on any atom is 0.222 e. The molecule has 0 bridgehead atoms. The lowest BCUT2D eigenvalue weighted by atomic mass is 10.0. The van der Waals surface area contributed by atoms with Crippen molar-refractivity contribution in [2.45, 2.75) is 19.3 Å². The lowest BCUT2D eigenvalue weighted by Gasteiger charge is -2.32. The van der Waals surface area contributed by atoms with E-state index in [2.05, 4.69) is 21.9 Å². The Labute approximate surface area is 170 Å². The molecule has 1 amide bonds. The van der Waals surface area contributed by atoms with E-state index >= 15 is 0 Å². The van der Waals surface area contributed by atoms with Gasteiger partial charge in [0.25, 0.3) is 0 Å². The molecule has 1 aliphatic rings. The lowest BCUT2D eigenvalue weighted by molar-refractivity contribution is -0.132. The third-order valence-corrected chi connectivity index (χ3v) is 5.70. The Morgan fingerprint density at radius 3 is 2.75 bits per heavy atom. The van der Waals surface area contributed by atoms with E-state index in [0.717, 1.165) is 61.3 Å². The quantitative estimate of drug-likeness (QED) is 0.709. The van der Waals surface area contributed by atoms with Gasteiger partial charge >= 0.3 is 0 Å². The van der Waals surface area contributed by atoms with E-state index < -0.39 is 0 Å². The monoisotopic (exact) mass is 396 g/mol. The number of rotatable bonds is 5. The summed E-state index contributed by atoms with van der Waals surface area (Å²) in [7, 11) is 2.10. The zero-order valence-corrected chi connectivity index (χ0v) is 16.9. The molecule has 0 radical (unpaired) electrons. The van der Waals surface area contributed by atoms with Crippen molar-refractivity contribution in [3.05, 3.63) is 53.2 Å². The number of nitrogens with zero attached hydrogens (tertiary/aromatic N) is 3. The second kappa shape index (κ2) is 8.33. The number of hydrogen-bond donors (Lipinski definition) is 1. The Kier molecular flexibility index (Phi) is 5.64. The molecule has 1 fully saturated rings. The molecule has 2 aromatic heterocycles. The zero-order chi connectivity index (χ0) is 19.5. The number of piperazine rings is 1. The highest BCUT2D eigenvalue weighted by Crippen LogP contribution is 2.32. The summed E-state index contributed by atoms with van der Waals surface area (Å²) in [6, 6.07) is 11.8. The first-order valence-corrected chi connectivity index (χ1v) is 10.2. The van der Waals surface area contributed by atoms with Gasteiger partial charge < -0.3 is 14.8 Å². The van der Waals surface area contributed by atoms with E-state index in [1.54, 1.807) is 6.20 Å². The largest absolute Gasteiger partial charge is 0.353 e. The van der Waals surface area contributed by atoms with Gasteiger partial charge in [-0.2, -0.15) is 0 Å². The van der Waals surface area contributed by atoms with Crippen LogP contribution in [-0.2, 0) is 11.2 Å². The van der Waals surface area contributed by atoms with Crippen LogP contribution in [0.25, 0.3) is 22.3 Å². The molecule has 28 heavy (non-hydrogen) atoms. The predicted octanol–water partition coefficient (Wildman–Crippen LogP) is 3.98. The summed E-state index contributed by atoms with van der Waals surface area (Å²) < 4.78 is 0. The number of carbonyl (C=O) groups excluding carboxylic acids is 1. The summed E-state index contributed by atoms with van der Waals surface area (Å²) in [5.41, 5.74) is 4.16. The van der Waals surface area contributed by atoms with Crippen molar-refractivity contribution in [1.82, 2.24) is 19.8 Å². The molecule has 1 aromatic carbocycles. The molecule has 0 aliphatic carbocycles. The second-order valence-corrected chi connectivity index (χ2v) is 7.86. The standard InChI is InChI=1S/C22H25ClN4O/c1-26-11-13-27(14-12-26)21(28)7-4-5-17-18-15-16(23)8-9-19(18)25-22(17)20-6-2-3-10-24-20/h2-3,6,8-10,15,25H,4-5,7,11-14H2,1H3. The summed E-state index contributed by atoms with van der Waals surface area (Å²) in [4.78, 5) is 24.8. The molecular weight excluding hydrogens is 372 g/mol. The first-order chi connectivity index (χ1) is 13.6. The number of pyridine rings is 1. The summed E-state index contributed by atoms with van der Waals surface area (Å²) in [5.74, 6) is 0.255. The maximum absolute atomic E-state index is 12.6. The van der Waals surface area contributed by atoms with E-state index in [0.29, 0.717) is 11.4 Å². The Morgan fingerprint density at radius 1 is 1.18 bits per heavy atom. The Balaban J connectivity index is 1.52. The average Bonchev–Trinajstić information content (AvgIpc) is 3.07. The number of fused-ring (bicyclic) bond motifs is 1. The molecule has 3 aromatic rings. The number of aryl methyl sites for hydroxylation is 1. The minimum Gasteiger partial charge on any atom is -0.353 e. The van der Waals surface area contributed by atoms with Gasteiger partial charge in [0.05, 0.1) is 11.4 Å². The molecule has 146 valence electrons. The smallest absolute Gasteiger partial charge is 0.222 e. The predicted molar refractivity (Wildman–Crippen MR) is 114 cm³/mol. The summed E-state index contributed by atoms with van der Waals surface area (Å²) in [5, 5.41) is 1.83. The number of nitrogens with one attached hydrogen (secondary N) is 1. The Hall–Kier alpha value is -2.37. The van der Waals surface area contributed by atoms with Gasteiger partial charge in [-0.15, -0.1) is 0 Å². The normalized spacial score (nSPS) is 15.3. The number of H-pyrrole nitrogens is 1. The van der Waals surface area contributed by atoms with Crippen molar-refractivity contribution >= 4 is 28.4 Å². The molecule has 4 rings (SSSR count). The molecule has 0 saturated carbocycles. The third-order valence-electron chi connectivity index (χ3n) is 5.46. The van der Waals surface area contributed by atoms with Gasteiger partial charge in [-0.05, 0) is 55.8 Å². The highest BCUT2D eigenvalue weighted by molar-refractivity contribution is 6.31. The molecule has 1 aliphatic heterocycles. The number of likely N-dealkylation sites (N-methyl/N-ethyl adjacent to an activating group) is 1. The zero-order valence-electron chi connectivity index (χ0n) is 16.1. The molecule has 1 saturated heterocycles. The molecule has 5 nitrogen and oxygen atoms in total. The van der Waals surface area contributed by atoms with Gasteiger partial charge in [0, 0.05) is 54.7 Å². The highest BCUT2D eigenvalue weighted by Gasteiger charge is 2.19.